The van der Waals surface area contributed by atoms with Crippen molar-refractivity contribution in [2.75, 3.05) is 0 Å². The average molecular weight is 359 g/mol. The van der Waals surface area contributed by atoms with E-state index in [2.05, 4.69) is 13.8 Å². The van der Waals surface area contributed by atoms with Gasteiger partial charge in [-0.05, 0) is 0 Å². The Kier molecular flexibility index (Phi) is 30.0. The van der Waals surface area contributed by atoms with E-state index in [1.807, 2.05) is 0 Å². The van der Waals surface area contributed by atoms with Crippen molar-refractivity contribution in [2.24, 2.45) is 0 Å². The molecule has 0 saturated carbocycles. The quantitative estimate of drug-likeness (QED) is 0.148. The number of hydrogen-bond acceptors (Lipinski definition) is 4. The summed E-state index contributed by atoms with van der Waals surface area (Å²) >= 11 is 0. The third-order valence-electron chi connectivity index (χ3n) is 1.46. The number of hydrogen-bond donors (Lipinski definition) is 4. The van der Waals surface area contributed by atoms with Gasteiger partial charge in [0.1, 0.15) is 0 Å². The summed E-state index contributed by atoms with van der Waals surface area (Å²) in [5, 5.41) is 0. The van der Waals surface area contributed by atoms with Crippen molar-refractivity contribution in [3.63, 3.8) is 0 Å². The second-order valence-electron chi connectivity index (χ2n) is 3.14. The van der Waals surface area contributed by atoms with Gasteiger partial charge >= 0.3 is 7.82 Å². The van der Waals surface area contributed by atoms with Crippen molar-refractivity contribution in [2.45, 2.75) is 52.4 Å². The summed E-state index contributed by atoms with van der Waals surface area (Å²) in [6, 6.07) is 0. The van der Waals surface area contributed by atoms with E-state index in [9.17, 15) is 0 Å². The zero-order valence-electron chi connectivity index (χ0n) is 10.8. The van der Waals surface area contributed by atoms with E-state index in [1.54, 1.807) is 0 Å². The molecule has 0 heterocycles. The first-order valence-electron chi connectivity index (χ1n) is 5.21. The standard InChI is InChI=1S/C8H18.H3O4P.HO3S.Zn/c1-3-5-7-8-6-4-2;1-5(2,3)4;1-4(2)3;/h3-8H2,1-2H3;(H3,1,2,3,4);(H,1,2,3);/q;;-1;. The van der Waals surface area contributed by atoms with Crippen LogP contribution in [0.1, 0.15) is 52.4 Å². The van der Waals surface area contributed by atoms with Gasteiger partial charge in [0.15, 0.2) is 0 Å². The summed E-state index contributed by atoms with van der Waals surface area (Å²) in [7, 11) is -7.50. The van der Waals surface area contributed by atoms with Crippen LogP contribution in [-0.2, 0) is 43.4 Å². The molecule has 0 aliphatic carbocycles. The maximum absolute atomic E-state index is 8.88. The molecular formula is C8H22O7PSZn-. The Balaban J connectivity index is -0.0000000855. The third kappa shape index (κ3) is 128. The van der Waals surface area contributed by atoms with Crippen molar-refractivity contribution in [3.8, 4) is 0 Å². The fraction of sp³-hybridized carbons (Fsp3) is 1.00. The van der Waals surface area contributed by atoms with E-state index in [0.717, 1.165) is 0 Å². The van der Waals surface area contributed by atoms with Gasteiger partial charge < -0.3 is 27.7 Å². The fourth-order valence-corrected chi connectivity index (χ4v) is 0.854. The number of phosphoric acid groups is 1. The van der Waals surface area contributed by atoms with E-state index in [1.165, 1.54) is 38.5 Å². The molecule has 4 N–H and O–H groups in total. The van der Waals surface area contributed by atoms with E-state index in [0.29, 0.717) is 0 Å². The first kappa shape index (κ1) is 27.1. The van der Waals surface area contributed by atoms with Gasteiger partial charge in [0, 0.05) is 30.5 Å². The van der Waals surface area contributed by atoms with E-state index >= 15 is 0 Å². The summed E-state index contributed by atoms with van der Waals surface area (Å²) in [6.07, 6.45) is 8.49. The molecule has 0 aromatic carbocycles. The molecule has 0 radical (unpaired) electrons. The van der Waals surface area contributed by atoms with E-state index in [4.69, 9.17) is 32.2 Å². The Hall–Kier alpha value is 0.643. The predicted octanol–water partition coefficient (Wildman–Crippen LogP) is 2.20. The Morgan fingerprint density at radius 1 is 0.889 bits per heavy atom. The van der Waals surface area contributed by atoms with Gasteiger partial charge in [-0.15, -0.1) is 0 Å². The van der Waals surface area contributed by atoms with Crippen LogP contribution >= 0.6 is 7.82 Å². The Morgan fingerprint density at radius 2 is 1.06 bits per heavy atom. The van der Waals surface area contributed by atoms with Crippen molar-refractivity contribution in [1.29, 1.82) is 0 Å². The molecule has 0 rings (SSSR count). The van der Waals surface area contributed by atoms with E-state index < -0.39 is 18.8 Å². The van der Waals surface area contributed by atoms with Crippen LogP contribution < -0.4 is 0 Å². The SMILES string of the molecule is CCCCCCCC.O=P(O)(O)O.O=[S-](=O)O.[Zn]. The second kappa shape index (κ2) is 20.0. The third-order valence-corrected chi connectivity index (χ3v) is 1.46. The molecule has 0 atom stereocenters. The number of rotatable bonds is 5. The summed E-state index contributed by atoms with van der Waals surface area (Å²) in [6.45, 7) is 4.51. The Labute approximate surface area is 123 Å². The minimum atomic E-state index is -4.64. The molecule has 0 fully saturated rings. The van der Waals surface area contributed by atoms with Gasteiger partial charge in [0.25, 0.3) is 0 Å². The maximum atomic E-state index is 8.88. The van der Waals surface area contributed by atoms with Gasteiger partial charge in [0.2, 0.25) is 0 Å². The monoisotopic (exact) mass is 357 g/mol. The molecule has 0 aromatic rings. The first-order chi connectivity index (χ1) is 7.65. The zero-order chi connectivity index (χ0) is 14.3. The summed E-state index contributed by atoms with van der Waals surface area (Å²) in [5.74, 6) is 0. The predicted molar refractivity (Wildman–Crippen MR) is 64.7 cm³/mol. The van der Waals surface area contributed by atoms with Crippen molar-refractivity contribution >= 4 is 18.8 Å². The molecule has 0 unspecified atom stereocenters. The van der Waals surface area contributed by atoms with Crippen LogP contribution in [0.15, 0.2) is 0 Å². The first-order valence-corrected chi connectivity index (χ1v) is 7.81. The molecule has 0 aromatic heterocycles. The zero-order valence-corrected chi connectivity index (χ0v) is 15.5. The number of unbranched alkanes of at least 4 members (excludes halogenated alkanes) is 5. The fourth-order valence-electron chi connectivity index (χ4n) is 0.854. The molecule has 0 spiro atoms. The van der Waals surface area contributed by atoms with Crippen LogP contribution in [0.3, 0.4) is 0 Å². The van der Waals surface area contributed by atoms with Gasteiger partial charge in [-0.1, -0.05) is 52.4 Å². The topological polar surface area (TPSA) is 132 Å². The van der Waals surface area contributed by atoms with Crippen LogP contribution in [0.25, 0.3) is 0 Å². The smallest absolute Gasteiger partial charge is 0.439 e. The van der Waals surface area contributed by atoms with Crippen LogP contribution in [-0.4, -0.2) is 19.2 Å². The van der Waals surface area contributed by atoms with Crippen LogP contribution in [0.5, 0.6) is 0 Å². The van der Waals surface area contributed by atoms with Crippen molar-refractivity contribution in [1.82, 2.24) is 0 Å². The van der Waals surface area contributed by atoms with Crippen LogP contribution in [0.2, 0.25) is 0 Å². The molecule has 0 aliphatic heterocycles. The van der Waals surface area contributed by atoms with Crippen molar-refractivity contribution < 1.29 is 51.7 Å². The molecular weight excluding hydrogens is 337 g/mol. The second-order valence-corrected chi connectivity index (χ2v) is 4.61. The Bertz CT molecular complexity index is 232. The molecule has 18 heavy (non-hydrogen) atoms. The normalized spacial score (nSPS) is 9.50. The maximum Gasteiger partial charge on any atom is 0.466 e. The molecule has 0 bridgehead atoms. The summed E-state index contributed by atoms with van der Waals surface area (Å²) < 4.78 is 33.0. The minimum absolute atomic E-state index is 0. The molecule has 0 amide bonds. The molecule has 0 saturated heterocycles. The molecule has 10 heteroatoms. The molecule has 7 nitrogen and oxygen atoms in total. The van der Waals surface area contributed by atoms with Gasteiger partial charge in [0.05, 0.1) is 0 Å². The average Bonchev–Trinajstić information content (AvgIpc) is 2.09. The van der Waals surface area contributed by atoms with Crippen molar-refractivity contribution in [3.05, 3.63) is 0 Å². The Morgan fingerprint density at radius 3 is 1.17 bits per heavy atom. The summed E-state index contributed by atoms with van der Waals surface area (Å²) in [4.78, 5) is 21.6. The van der Waals surface area contributed by atoms with Gasteiger partial charge in [-0.3, -0.25) is 0 Å². The van der Waals surface area contributed by atoms with Gasteiger partial charge in [-0.25, -0.2) is 4.57 Å². The van der Waals surface area contributed by atoms with Crippen LogP contribution in [0.4, 0.5) is 0 Å². The van der Waals surface area contributed by atoms with Crippen LogP contribution in [0, 0.1) is 0 Å². The summed E-state index contributed by atoms with van der Waals surface area (Å²) in [5.41, 5.74) is 0. The minimum Gasteiger partial charge on any atom is -0.439 e. The molecule has 0 aliphatic rings. The van der Waals surface area contributed by atoms with E-state index in [-0.39, 0.29) is 19.5 Å². The largest absolute Gasteiger partial charge is 0.466 e. The molecule has 110 valence electrons. The van der Waals surface area contributed by atoms with Gasteiger partial charge in [-0.2, -0.15) is 0 Å².